The Hall–Kier alpha value is -1.98. The predicted octanol–water partition coefficient (Wildman–Crippen LogP) is 1.41. The van der Waals surface area contributed by atoms with Gasteiger partial charge in [-0.3, -0.25) is 14.6 Å². The molecule has 1 N–H and O–H groups in total. The first-order valence-corrected chi connectivity index (χ1v) is 7.28. The fraction of sp³-hybridized carbons (Fsp3) is 0.600. The van der Waals surface area contributed by atoms with E-state index in [2.05, 4.69) is 15.3 Å². The highest BCUT2D eigenvalue weighted by molar-refractivity contribution is 5.92. The summed E-state index contributed by atoms with van der Waals surface area (Å²) in [7, 11) is 0. The fourth-order valence-electron chi connectivity index (χ4n) is 1.71. The van der Waals surface area contributed by atoms with Crippen molar-refractivity contribution in [3.05, 3.63) is 23.8 Å². The van der Waals surface area contributed by atoms with Gasteiger partial charge in [-0.15, -0.1) is 0 Å². The second-order valence-electron chi connectivity index (χ2n) is 5.38. The number of carbonyl (C=O) groups is 2. The number of rotatable bonds is 7. The van der Waals surface area contributed by atoms with Crippen LogP contribution in [0.4, 0.5) is 0 Å². The molecule has 2 amide bonds. The van der Waals surface area contributed by atoms with Gasteiger partial charge in [-0.05, 0) is 19.8 Å². The Bertz CT molecular complexity index is 471. The van der Waals surface area contributed by atoms with Crippen molar-refractivity contribution in [2.75, 3.05) is 19.6 Å². The van der Waals surface area contributed by atoms with Crippen LogP contribution >= 0.6 is 0 Å². The summed E-state index contributed by atoms with van der Waals surface area (Å²) in [6.07, 6.45) is 3.33. The molecule has 0 radical (unpaired) electrons. The molecule has 0 fully saturated rings. The molecule has 1 rings (SSSR count). The Kier molecular flexibility index (Phi) is 6.78. The van der Waals surface area contributed by atoms with Crippen LogP contribution in [0.25, 0.3) is 0 Å². The van der Waals surface area contributed by atoms with E-state index in [1.165, 1.54) is 6.20 Å². The van der Waals surface area contributed by atoms with Crippen LogP contribution in [-0.2, 0) is 4.79 Å². The monoisotopic (exact) mass is 292 g/mol. The summed E-state index contributed by atoms with van der Waals surface area (Å²) in [5, 5.41) is 2.84. The molecule has 0 aliphatic heterocycles. The van der Waals surface area contributed by atoms with E-state index in [1.54, 1.807) is 11.1 Å². The van der Waals surface area contributed by atoms with Gasteiger partial charge >= 0.3 is 0 Å². The molecule has 0 aromatic carbocycles. The maximum atomic E-state index is 12.3. The van der Waals surface area contributed by atoms with Crippen molar-refractivity contribution in [1.29, 1.82) is 0 Å². The lowest BCUT2D eigenvalue weighted by Gasteiger charge is -2.20. The number of nitrogens with one attached hydrogen (secondary N) is 1. The quantitative estimate of drug-likeness (QED) is 0.824. The van der Waals surface area contributed by atoms with Crippen LogP contribution in [0.1, 0.15) is 43.4 Å². The number of carbonyl (C=O) groups excluding carboxylic acids is 2. The van der Waals surface area contributed by atoms with E-state index < -0.39 is 0 Å². The van der Waals surface area contributed by atoms with Crippen molar-refractivity contribution < 1.29 is 9.59 Å². The lowest BCUT2D eigenvalue weighted by atomic mass is 10.2. The molecule has 0 unspecified atom stereocenters. The van der Waals surface area contributed by atoms with Crippen molar-refractivity contribution in [2.24, 2.45) is 5.92 Å². The average molecular weight is 292 g/mol. The molecular weight excluding hydrogens is 268 g/mol. The molecule has 0 aliphatic rings. The van der Waals surface area contributed by atoms with Crippen molar-refractivity contribution in [3.8, 4) is 0 Å². The maximum Gasteiger partial charge on any atom is 0.274 e. The Morgan fingerprint density at radius 2 is 2.00 bits per heavy atom. The van der Waals surface area contributed by atoms with Gasteiger partial charge in [0.2, 0.25) is 5.91 Å². The van der Waals surface area contributed by atoms with E-state index in [4.69, 9.17) is 0 Å². The number of hydrogen-bond acceptors (Lipinski definition) is 4. The van der Waals surface area contributed by atoms with Crippen LogP contribution in [-0.4, -0.2) is 46.3 Å². The minimum atomic E-state index is -0.193. The second kappa shape index (κ2) is 8.34. The second-order valence-corrected chi connectivity index (χ2v) is 5.38. The molecule has 6 nitrogen and oxygen atoms in total. The van der Waals surface area contributed by atoms with Crippen molar-refractivity contribution in [2.45, 2.75) is 34.1 Å². The minimum Gasteiger partial charge on any atom is -0.356 e. The Morgan fingerprint density at radius 3 is 2.52 bits per heavy atom. The summed E-state index contributed by atoms with van der Waals surface area (Å²) >= 11 is 0. The smallest absolute Gasteiger partial charge is 0.274 e. The van der Waals surface area contributed by atoms with Crippen LogP contribution in [0.2, 0.25) is 0 Å². The molecule has 0 saturated heterocycles. The van der Waals surface area contributed by atoms with Crippen molar-refractivity contribution >= 4 is 11.8 Å². The van der Waals surface area contributed by atoms with E-state index in [1.807, 2.05) is 27.7 Å². The normalized spacial score (nSPS) is 10.5. The van der Waals surface area contributed by atoms with Gasteiger partial charge in [0.15, 0.2) is 0 Å². The van der Waals surface area contributed by atoms with E-state index in [0.29, 0.717) is 37.7 Å². The zero-order chi connectivity index (χ0) is 15.8. The molecule has 116 valence electrons. The van der Waals surface area contributed by atoms with Crippen LogP contribution in [0.5, 0.6) is 0 Å². The highest BCUT2D eigenvalue weighted by Gasteiger charge is 2.16. The third-order valence-corrected chi connectivity index (χ3v) is 2.99. The predicted molar refractivity (Wildman–Crippen MR) is 80.8 cm³/mol. The first-order chi connectivity index (χ1) is 9.93. The molecule has 1 heterocycles. The van der Waals surface area contributed by atoms with Gasteiger partial charge in [-0.2, -0.15) is 0 Å². The number of hydrogen-bond donors (Lipinski definition) is 1. The third-order valence-electron chi connectivity index (χ3n) is 2.99. The molecule has 0 aliphatic carbocycles. The maximum absolute atomic E-state index is 12.3. The number of aromatic nitrogens is 2. The Morgan fingerprint density at radius 1 is 1.29 bits per heavy atom. The van der Waals surface area contributed by atoms with Gasteiger partial charge in [-0.25, -0.2) is 4.98 Å². The molecule has 6 heteroatoms. The summed E-state index contributed by atoms with van der Waals surface area (Å²) in [6, 6.07) is 0. The average Bonchev–Trinajstić information content (AvgIpc) is 2.46. The minimum absolute atomic E-state index is 0.0371. The number of aryl methyl sites for hydroxylation is 1. The molecule has 0 atom stereocenters. The molecule has 0 bridgehead atoms. The summed E-state index contributed by atoms with van der Waals surface area (Å²) in [6.45, 7) is 9.35. The molecule has 21 heavy (non-hydrogen) atoms. The highest BCUT2D eigenvalue weighted by atomic mass is 16.2. The van der Waals surface area contributed by atoms with Gasteiger partial charge in [0, 0.05) is 32.3 Å². The van der Waals surface area contributed by atoms with E-state index >= 15 is 0 Å². The summed E-state index contributed by atoms with van der Waals surface area (Å²) in [4.78, 5) is 33.7. The topological polar surface area (TPSA) is 75.2 Å². The Balaban J connectivity index is 2.52. The molecule has 0 spiro atoms. The van der Waals surface area contributed by atoms with E-state index in [0.717, 1.165) is 5.69 Å². The molecule has 1 aromatic heterocycles. The largest absolute Gasteiger partial charge is 0.356 e. The lowest BCUT2D eigenvalue weighted by molar-refractivity contribution is -0.121. The van der Waals surface area contributed by atoms with Gasteiger partial charge in [0.1, 0.15) is 5.69 Å². The summed E-state index contributed by atoms with van der Waals surface area (Å²) < 4.78 is 0. The van der Waals surface area contributed by atoms with Gasteiger partial charge in [0.25, 0.3) is 5.91 Å². The summed E-state index contributed by atoms with van der Waals surface area (Å²) in [5.74, 6) is 0.187. The first kappa shape index (κ1) is 17.1. The van der Waals surface area contributed by atoms with Gasteiger partial charge in [0.05, 0.1) is 11.9 Å². The SMILES string of the molecule is CCN(CCC(=O)NCC(C)C)C(=O)c1cnc(C)cn1. The highest BCUT2D eigenvalue weighted by Crippen LogP contribution is 2.02. The van der Waals surface area contributed by atoms with Crippen LogP contribution in [0, 0.1) is 12.8 Å². The Labute approximate surface area is 126 Å². The van der Waals surface area contributed by atoms with Crippen molar-refractivity contribution in [3.63, 3.8) is 0 Å². The van der Waals surface area contributed by atoms with Gasteiger partial charge < -0.3 is 10.2 Å². The number of amides is 2. The molecule has 1 aromatic rings. The fourth-order valence-corrected chi connectivity index (χ4v) is 1.71. The summed E-state index contributed by atoms with van der Waals surface area (Å²) in [5.41, 5.74) is 1.08. The standard InChI is InChI=1S/C15H24N4O2/c1-5-19(7-6-14(20)18-8-11(2)3)15(21)13-10-16-12(4)9-17-13/h9-11H,5-8H2,1-4H3,(H,18,20). The van der Waals surface area contributed by atoms with E-state index in [9.17, 15) is 9.59 Å². The molecular formula is C15H24N4O2. The van der Waals surface area contributed by atoms with Crippen LogP contribution in [0.15, 0.2) is 12.4 Å². The first-order valence-electron chi connectivity index (χ1n) is 7.28. The molecule has 0 saturated carbocycles. The van der Waals surface area contributed by atoms with Crippen LogP contribution < -0.4 is 5.32 Å². The lowest BCUT2D eigenvalue weighted by Crippen LogP contribution is -2.36. The van der Waals surface area contributed by atoms with E-state index in [-0.39, 0.29) is 11.8 Å². The van der Waals surface area contributed by atoms with Crippen molar-refractivity contribution in [1.82, 2.24) is 20.2 Å². The zero-order valence-corrected chi connectivity index (χ0v) is 13.2. The van der Waals surface area contributed by atoms with Crippen LogP contribution in [0.3, 0.4) is 0 Å². The van der Waals surface area contributed by atoms with Gasteiger partial charge in [-0.1, -0.05) is 13.8 Å². The third kappa shape index (κ3) is 5.89. The number of nitrogens with zero attached hydrogens (tertiary/aromatic N) is 3. The zero-order valence-electron chi connectivity index (χ0n) is 13.2.